The molecule has 2 aromatic rings. The van der Waals surface area contributed by atoms with Crippen molar-refractivity contribution in [3.8, 4) is 5.75 Å². The van der Waals surface area contributed by atoms with Crippen LogP contribution in [-0.4, -0.2) is 129 Å². The van der Waals surface area contributed by atoms with Gasteiger partial charge in [-0.1, -0.05) is 12.1 Å². The van der Waals surface area contributed by atoms with Gasteiger partial charge in [0.15, 0.2) is 0 Å². The van der Waals surface area contributed by atoms with Crippen LogP contribution in [0.5, 0.6) is 5.75 Å². The number of non-ortho nitro benzene ring substituents is 1. The van der Waals surface area contributed by atoms with Crippen molar-refractivity contribution >= 4 is 22.7 Å². The Kier molecular flexibility index (Phi) is 22.2. The van der Waals surface area contributed by atoms with Crippen LogP contribution in [0.25, 0.3) is 0 Å². The number of nitrogens with one attached hydrogen (secondary N) is 1. The molecule has 264 valence electrons. The zero-order valence-corrected chi connectivity index (χ0v) is 26.5. The van der Waals surface area contributed by atoms with Crippen LogP contribution in [0, 0.1) is 20.2 Å². The van der Waals surface area contributed by atoms with Crippen LogP contribution in [0.1, 0.15) is 0 Å². The van der Waals surface area contributed by atoms with Gasteiger partial charge in [0.2, 0.25) is 0 Å². The van der Waals surface area contributed by atoms with Gasteiger partial charge in [0.1, 0.15) is 18.0 Å². The van der Waals surface area contributed by atoms with Gasteiger partial charge in [-0.05, 0) is 18.2 Å². The fourth-order valence-corrected chi connectivity index (χ4v) is 3.66. The molecule has 0 saturated heterocycles. The second kappa shape index (κ2) is 26.4. The predicted octanol–water partition coefficient (Wildman–Crippen LogP) is 2.71. The summed E-state index contributed by atoms with van der Waals surface area (Å²) in [7, 11) is 0. The lowest BCUT2D eigenvalue weighted by Crippen LogP contribution is -2.16. The lowest BCUT2D eigenvalue weighted by atomic mass is 10.2. The number of para-hydroxylation sites is 2. The van der Waals surface area contributed by atoms with Gasteiger partial charge in [-0.25, -0.2) is 0 Å². The van der Waals surface area contributed by atoms with Gasteiger partial charge in [0.25, 0.3) is 11.4 Å². The molecule has 0 unspecified atom stereocenters. The van der Waals surface area contributed by atoms with Crippen molar-refractivity contribution in [1.29, 1.82) is 0 Å². The monoisotopic (exact) mass is 670 g/mol. The molecule has 0 aromatic heterocycles. The van der Waals surface area contributed by atoms with Crippen molar-refractivity contribution in [2.45, 2.75) is 0 Å². The third-order valence-corrected chi connectivity index (χ3v) is 5.96. The van der Waals surface area contributed by atoms with Gasteiger partial charge in [-0.2, -0.15) is 0 Å². The Morgan fingerprint density at radius 1 is 0.553 bits per heavy atom. The van der Waals surface area contributed by atoms with E-state index in [1.807, 2.05) is 18.2 Å². The highest BCUT2D eigenvalue weighted by Gasteiger charge is 2.19. The Hall–Kier alpha value is -3.68. The molecule has 17 heteroatoms. The van der Waals surface area contributed by atoms with Gasteiger partial charge in [-0.15, -0.1) is 0 Å². The fraction of sp³-hybridized carbons (Fsp3) is 0.600. The van der Waals surface area contributed by atoms with Crippen LogP contribution in [0.15, 0.2) is 42.5 Å². The second-order valence-corrected chi connectivity index (χ2v) is 9.43. The SMILES string of the molecule is Nc1ccccc1OCCOCCOCCOCCOCCOCCOCCOCCOCCNc1ccc([N+](=O)[O-])cc1[N+](=O)[O-]. The molecule has 0 aliphatic heterocycles. The van der Waals surface area contributed by atoms with Crippen molar-refractivity contribution in [3.63, 3.8) is 0 Å². The van der Waals surface area contributed by atoms with E-state index in [9.17, 15) is 20.2 Å². The van der Waals surface area contributed by atoms with Gasteiger partial charge in [0, 0.05) is 12.6 Å². The van der Waals surface area contributed by atoms with E-state index in [4.69, 9.17) is 48.4 Å². The summed E-state index contributed by atoms with van der Waals surface area (Å²) in [4.78, 5) is 20.6. The summed E-state index contributed by atoms with van der Waals surface area (Å²) >= 11 is 0. The first-order chi connectivity index (χ1) is 23.0. The molecule has 0 bridgehead atoms. The van der Waals surface area contributed by atoms with E-state index in [1.165, 1.54) is 12.1 Å². The van der Waals surface area contributed by atoms with Crippen LogP contribution < -0.4 is 15.8 Å². The molecule has 0 radical (unpaired) electrons. The molecule has 47 heavy (non-hydrogen) atoms. The van der Waals surface area contributed by atoms with Crippen molar-refractivity contribution in [1.82, 2.24) is 0 Å². The highest BCUT2D eigenvalue weighted by Crippen LogP contribution is 2.28. The molecule has 0 aliphatic carbocycles. The summed E-state index contributed by atoms with van der Waals surface area (Å²) in [5.41, 5.74) is 5.88. The van der Waals surface area contributed by atoms with Gasteiger partial charge in [0.05, 0.1) is 127 Å². The first kappa shape index (κ1) is 39.5. The van der Waals surface area contributed by atoms with Crippen LogP contribution in [0.4, 0.5) is 22.7 Å². The van der Waals surface area contributed by atoms with Crippen molar-refractivity contribution in [2.75, 3.05) is 130 Å². The average Bonchev–Trinajstić information content (AvgIpc) is 3.06. The quantitative estimate of drug-likeness (QED) is 0.0512. The first-order valence-corrected chi connectivity index (χ1v) is 15.2. The maximum absolute atomic E-state index is 11.1. The predicted molar refractivity (Wildman–Crippen MR) is 171 cm³/mol. The van der Waals surface area contributed by atoms with E-state index in [1.54, 1.807) is 6.07 Å². The van der Waals surface area contributed by atoms with E-state index in [0.29, 0.717) is 117 Å². The lowest BCUT2D eigenvalue weighted by Gasteiger charge is -2.10. The molecular weight excluding hydrogens is 624 g/mol. The molecule has 0 atom stereocenters. The van der Waals surface area contributed by atoms with Crippen LogP contribution in [-0.2, 0) is 37.9 Å². The second-order valence-electron chi connectivity index (χ2n) is 9.43. The molecule has 0 saturated carbocycles. The Bertz CT molecular complexity index is 1130. The maximum Gasteiger partial charge on any atom is 0.299 e. The zero-order chi connectivity index (χ0) is 33.8. The highest BCUT2D eigenvalue weighted by atomic mass is 16.6. The third kappa shape index (κ3) is 19.6. The Balaban J connectivity index is 1.23. The Morgan fingerprint density at radius 2 is 0.979 bits per heavy atom. The molecule has 0 aliphatic rings. The van der Waals surface area contributed by atoms with E-state index >= 15 is 0 Å². The van der Waals surface area contributed by atoms with E-state index in [-0.39, 0.29) is 30.2 Å². The van der Waals surface area contributed by atoms with E-state index in [2.05, 4.69) is 5.32 Å². The molecule has 0 heterocycles. The van der Waals surface area contributed by atoms with Crippen molar-refractivity contribution < 1.29 is 52.5 Å². The number of nitrogens with two attached hydrogens (primary N) is 1. The summed E-state index contributed by atoms with van der Waals surface area (Å²) < 4.78 is 49.1. The fourth-order valence-electron chi connectivity index (χ4n) is 3.66. The zero-order valence-electron chi connectivity index (χ0n) is 26.5. The van der Waals surface area contributed by atoms with E-state index < -0.39 is 9.85 Å². The molecular formula is C30H46N4O13. The first-order valence-electron chi connectivity index (χ1n) is 15.2. The van der Waals surface area contributed by atoms with Crippen molar-refractivity contribution in [2.24, 2.45) is 0 Å². The number of hydrogen-bond acceptors (Lipinski definition) is 15. The average molecular weight is 671 g/mol. The summed E-state index contributed by atoms with van der Waals surface area (Å²) in [5.74, 6) is 0.653. The number of anilines is 2. The largest absolute Gasteiger partial charge is 0.489 e. The Labute approximate surface area is 273 Å². The maximum atomic E-state index is 11.1. The van der Waals surface area contributed by atoms with Crippen LogP contribution in [0.3, 0.4) is 0 Å². The van der Waals surface area contributed by atoms with Gasteiger partial charge < -0.3 is 53.7 Å². The number of nitrogens with zero attached hydrogens (tertiary/aromatic N) is 2. The number of nitrogen functional groups attached to an aromatic ring is 1. The standard InChI is InChI=1S/C30H46N4O13/c31-27-3-1-2-4-30(27)47-24-23-46-22-21-45-20-19-44-18-17-43-16-15-42-14-13-41-12-11-40-10-9-39-8-7-32-28-6-5-26(33(35)36)25-29(28)34(37)38/h1-6,25,32H,7-24,31H2. The topological polar surface area (TPSA) is 207 Å². The molecule has 0 amide bonds. The number of hydrogen-bond donors (Lipinski definition) is 2. The number of nitro benzene ring substituents is 2. The normalized spacial score (nSPS) is 11.1. The van der Waals surface area contributed by atoms with Crippen molar-refractivity contribution in [3.05, 3.63) is 62.7 Å². The molecule has 2 aromatic carbocycles. The van der Waals surface area contributed by atoms with Gasteiger partial charge in [-0.3, -0.25) is 20.2 Å². The summed E-state index contributed by atoms with van der Waals surface area (Å²) in [6.07, 6.45) is 0. The smallest absolute Gasteiger partial charge is 0.299 e. The summed E-state index contributed by atoms with van der Waals surface area (Å²) in [6.45, 7) is 7.59. The molecule has 2 rings (SSSR count). The minimum atomic E-state index is -0.682. The third-order valence-electron chi connectivity index (χ3n) is 5.96. The van der Waals surface area contributed by atoms with Gasteiger partial charge >= 0.3 is 0 Å². The number of ether oxygens (including phenoxy) is 9. The molecule has 17 nitrogen and oxygen atoms in total. The lowest BCUT2D eigenvalue weighted by molar-refractivity contribution is -0.393. The number of nitro groups is 2. The molecule has 3 N–H and O–H groups in total. The van der Waals surface area contributed by atoms with Crippen LogP contribution >= 0.6 is 0 Å². The summed E-state index contributed by atoms with van der Waals surface area (Å²) in [5, 5.41) is 24.8. The minimum absolute atomic E-state index is 0.185. The molecule has 0 fully saturated rings. The summed E-state index contributed by atoms with van der Waals surface area (Å²) in [6, 6.07) is 10.8. The number of rotatable bonds is 31. The van der Waals surface area contributed by atoms with E-state index in [0.717, 1.165) is 6.07 Å². The minimum Gasteiger partial charge on any atom is -0.489 e. The number of benzene rings is 2. The highest BCUT2D eigenvalue weighted by molar-refractivity contribution is 5.65. The molecule has 0 spiro atoms. The van der Waals surface area contributed by atoms with Crippen LogP contribution in [0.2, 0.25) is 0 Å². The Morgan fingerprint density at radius 3 is 1.40 bits per heavy atom.